The van der Waals surface area contributed by atoms with Crippen LogP contribution in [0.25, 0.3) is 21.5 Å². The summed E-state index contributed by atoms with van der Waals surface area (Å²) in [6.07, 6.45) is 4.40. The summed E-state index contributed by atoms with van der Waals surface area (Å²) in [4.78, 5) is 62.6. The van der Waals surface area contributed by atoms with Gasteiger partial charge in [-0.15, -0.1) is 0 Å². The van der Waals surface area contributed by atoms with Gasteiger partial charge < -0.3 is 36.8 Å². The number of carbonyl (C=O) groups excluding carboxylic acids is 4. The molecule has 10 rings (SSSR count). The van der Waals surface area contributed by atoms with Crippen LogP contribution >= 0.6 is 31.9 Å². The van der Waals surface area contributed by atoms with Gasteiger partial charge in [0.25, 0.3) is 11.8 Å². The molecule has 2 saturated heterocycles. The molecule has 0 aliphatic carbocycles. The molecule has 8 aromatic rings. The zero-order valence-corrected chi connectivity index (χ0v) is 51.3. The van der Waals surface area contributed by atoms with Crippen LogP contribution in [0.3, 0.4) is 0 Å². The minimum absolute atomic E-state index is 0.0148. The van der Waals surface area contributed by atoms with Crippen LogP contribution < -0.4 is 22.1 Å². The fourth-order valence-corrected chi connectivity index (χ4v) is 12.7. The summed E-state index contributed by atoms with van der Waals surface area (Å²) in [5, 5.41) is 11.0. The molecule has 0 aromatic heterocycles. The summed E-state index contributed by atoms with van der Waals surface area (Å²) in [6, 6.07) is 64.7. The van der Waals surface area contributed by atoms with Crippen LogP contribution in [0.1, 0.15) is 93.3 Å². The Hall–Kier alpha value is -7.04. The third kappa shape index (κ3) is 16.0. The maximum Gasteiger partial charge on any atom is 0.253 e. The Morgan fingerprint density at radius 2 is 1.02 bits per heavy atom. The Morgan fingerprint density at radius 1 is 0.583 bits per heavy atom. The van der Waals surface area contributed by atoms with Crippen molar-refractivity contribution in [1.29, 1.82) is 0 Å². The van der Waals surface area contributed by atoms with E-state index in [0.29, 0.717) is 76.3 Å². The van der Waals surface area contributed by atoms with E-state index < -0.39 is 0 Å². The van der Waals surface area contributed by atoms with Gasteiger partial charge >= 0.3 is 0 Å². The Labute approximate surface area is 512 Å². The van der Waals surface area contributed by atoms with Gasteiger partial charge in [-0.2, -0.15) is 0 Å². The van der Waals surface area contributed by atoms with Gasteiger partial charge in [0.1, 0.15) is 0 Å². The zero-order chi connectivity index (χ0) is 59.0. The highest BCUT2D eigenvalue weighted by Crippen LogP contribution is 2.31. The normalized spacial score (nSPS) is 17.7. The van der Waals surface area contributed by atoms with Gasteiger partial charge in [0.2, 0.25) is 11.8 Å². The van der Waals surface area contributed by atoms with E-state index in [4.69, 9.17) is 11.5 Å². The number of carbonyl (C=O) groups is 4. The van der Waals surface area contributed by atoms with Crippen molar-refractivity contribution in [3.05, 3.63) is 236 Å². The summed E-state index contributed by atoms with van der Waals surface area (Å²) in [6.45, 7) is 4.50. The molecule has 4 amide bonds. The van der Waals surface area contributed by atoms with Gasteiger partial charge in [-0.05, 0) is 151 Å². The molecule has 2 fully saturated rings. The lowest BCUT2D eigenvalue weighted by atomic mass is 9.90. The second-order valence-electron chi connectivity index (χ2n) is 22.3. The lowest BCUT2D eigenvalue weighted by Crippen LogP contribution is -2.50. The molecule has 2 aliphatic rings. The fourth-order valence-electron chi connectivity index (χ4n) is 11.9. The molecule has 12 nitrogen and oxygen atoms in total. The van der Waals surface area contributed by atoms with Crippen molar-refractivity contribution in [2.24, 2.45) is 11.5 Å². The van der Waals surface area contributed by atoms with Gasteiger partial charge in [0, 0.05) is 90.3 Å². The number of rotatable bonds is 20. The summed E-state index contributed by atoms with van der Waals surface area (Å²) in [5.74, 6) is 0.255. The molecule has 4 atom stereocenters. The molecule has 0 unspecified atom stereocenters. The van der Waals surface area contributed by atoms with Crippen molar-refractivity contribution in [2.45, 2.75) is 74.5 Å². The first kappa shape index (κ1) is 61.5. The van der Waals surface area contributed by atoms with Gasteiger partial charge in [-0.3, -0.25) is 24.1 Å². The van der Waals surface area contributed by atoms with Gasteiger partial charge in [0.15, 0.2) is 0 Å². The first-order valence-electron chi connectivity index (χ1n) is 29.4. The zero-order valence-electron chi connectivity index (χ0n) is 48.2. The van der Waals surface area contributed by atoms with Crippen molar-refractivity contribution in [2.75, 3.05) is 66.5 Å². The molecule has 436 valence electrons. The third-order valence-corrected chi connectivity index (χ3v) is 17.6. The average Bonchev–Trinajstić information content (AvgIpc) is 3.72. The van der Waals surface area contributed by atoms with Gasteiger partial charge in [-0.25, -0.2) is 0 Å². The number of hydrogen-bond acceptors (Lipinski definition) is 8. The number of benzene rings is 8. The molecule has 84 heavy (non-hydrogen) atoms. The molecular formula is C70H78Br2N8O4. The first-order valence-corrected chi connectivity index (χ1v) is 31.0. The van der Waals surface area contributed by atoms with E-state index in [-0.39, 0.29) is 59.6 Å². The highest BCUT2D eigenvalue weighted by molar-refractivity contribution is 9.10. The summed E-state index contributed by atoms with van der Waals surface area (Å²) in [5.41, 5.74) is 17.8. The topological polar surface area (TPSA) is 157 Å². The van der Waals surface area contributed by atoms with Crippen molar-refractivity contribution in [3.63, 3.8) is 0 Å². The quantitative estimate of drug-likeness (QED) is 0.0587. The van der Waals surface area contributed by atoms with Crippen LogP contribution in [0.15, 0.2) is 203 Å². The summed E-state index contributed by atoms with van der Waals surface area (Å²) < 4.78 is 2.02. The third-order valence-electron chi connectivity index (χ3n) is 16.6. The van der Waals surface area contributed by atoms with Crippen LogP contribution in [0, 0.1) is 0 Å². The number of halogens is 2. The molecule has 0 saturated carbocycles. The molecular weight excluding hydrogens is 1180 g/mol. The van der Waals surface area contributed by atoms with E-state index in [1.54, 1.807) is 4.90 Å². The number of nitrogens with one attached hydrogen (secondary N) is 2. The molecule has 6 N–H and O–H groups in total. The second kappa shape index (κ2) is 30.2. The van der Waals surface area contributed by atoms with Crippen molar-refractivity contribution < 1.29 is 19.2 Å². The Balaban J connectivity index is 0.000000202. The minimum Gasteiger partial charge on any atom is -0.350 e. The maximum atomic E-state index is 14.1. The highest BCUT2D eigenvalue weighted by atomic mass is 79.9. The minimum atomic E-state index is -0.337. The number of nitrogens with two attached hydrogens (primary N) is 2. The summed E-state index contributed by atoms with van der Waals surface area (Å²) in [7, 11) is 3.86. The fraction of sp³-hybridized carbons (Fsp3) is 0.314. The Morgan fingerprint density at radius 3 is 1.54 bits per heavy atom. The molecule has 0 spiro atoms. The van der Waals surface area contributed by atoms with Crippen LogP contribution in [0.4, 0.5) is 0 Å². The predicted molar refractivity (Wildman–Crippen MR) is 347 cm³/mol. The standard InChI is InChI=1S/2C35H39BrN4O2/c1-39(34(41)29-15-14-28-22-30(36)17-16-27(28)21-29)23-31-18-20-40(35(42)33(38-31)13-8-19-37)24-32(25-9-4-2-5-10-25)26-11-6-3-7-12-26;1-39-31(23-38-34(41)29-15-14-28-22-30(36)17-16-27(28)21-29)18-20-40(35(42)33(39)13-8-19-37)24-32(25-9-4-2-5-10-25)26-11-6-3-7-12-26/h2-7,9-12,14-17,21-22,31-33,38H,8,13,18-20,23-24,37H2,1H3;2-7,9-12,14-17,21-22,31-33H,8,13,18-20,23-24,37H2,1H3,(H,38,41)/t2*31-,33-/m00/s1. The summed E-state index contributed by atoms with van der Waals surface area (Å²) >= 11 is 7.02. The lowest BCUT2D eigenvalue weighted by molar-refractivity contribution is -0.136. The second-order valence-corrected chi connectivity index (χ2v) is 24.1. The highest BCUT2D eigenvalue weighted by Gasteiger charge is 2.37. The molecule has 0 radical (unpaired) electrons. The molecule has 2 heterocycles. The predicted octanol–water partition coefficient (Wildman–Crippen LogP) is 11.6. The molecule has 2 aliphatic heterocycles. The van der Waals surface area contributed by atoms with E-state index in [1.165, 1.54) is 22.3 Å². The van der Waals surface area contributed by atoms with E-state index in [0.717, 1.165) is 56.2 Å². The smallest absolute Gasteiger partial charge is 0.253 e. The van der Waals surface area contributed by atoms with Crippen LogP contribution in [-0.2, 0) is 9.59 Å². The molecule has 8 aromatic carbocycles. The van der Waals surface area contributed by atoms with Crippen LogP contribution in [0.2, 0.25) is 0 Å². The Bertz CT molecular complexity index is 3370. The monoisotopic (exact) mass is 1250 g/mol. The van der Waals surface area contributed by atoms with Gasteiger partial charge in [-0.1, -0.05) is 177 Å². The molecule has 14 heteroatoms. The Kier molecular flexibility index (Phi) is 22.1. The van der Waals surface area contributed by atoms with Crippen LogP contribution in [-0.4, -0.2) is 134 Å². The van der Waals surface area contributed by atoms with E-state index in [1.807, 2.05) is 121 Å². The van der Waals surface area contributed by atoms with E-state index in [2.05, 4.69) is 144 Å². The maximum absolute atomic E-state index is 14.1. The number of likely N-dealkylation sites (N-methyl/N-ethyl adjacent to an activating group) is 2. The number of nitrogens with zero attached hydrogens (tertiary/aromatic N) is 4. The van der Waals surface area contributed by atoms with Crippen molar-refractivity contribution >= 4 is 77.0 Å². The van der Waals surface area contributed by atoms with Crippen LogP contribution in [0.5, 0.6) is 0 Å². The number of hydrogen-bond donors (Lipinski definition) is 4. The van der Waals surface area contributed by atoms with E-state index >= 15 is 0 Å². The SMILES string of the molecule is CN(C[C@@H]1CCN(CC(c2ccccc2)c2ccccc2)C(=O)[C@H](CCCN)N1)C(=O)c1ccc2cc(Br)ccc2c1.CN1[C@H](CNC(=O)c2ccc3cc(Br)ccc3c2)CCN(CC(c2ccccc2)c2ccccc2)C(=O)[C@@H]1CCCN. The lowest BCUT2D eigenvalue weighted by Gasteiger charge is -2.33. The van der Waals surface area contributed by atoms with Gasteiger partial charge in [0.05, 0.1) is 12.1 Å². The average molecular weight is 1260 g/mol. The van der Waals surface area contributed by atoms with Crippen molar-refractivity contribution in [3.8, 4) is 0 Å². The number of fused-ring (bicyclic) bond motifs is 2. The van der Waals surface area contributed by atoms with E-state index in [9.17, 15) is 19.2 Å². The number of amides is 4. The first-order chi connectivity index (χ1) is 40.9. The largest absolute Gasteiger partial charge is 0.350 e. The van der Waals surface area contributed by atoms with Crippen molar-refractivity contribution in [1.82, 2.24) is 30.2 Å². The molecule has 0 bridgehead atoms.